The van der Waals surface area contributed by atoms with Crippen LogP contribution in [0.3, 0.4) is 0 Å². The van der Waals surface area contributed by atoms with Crippen molar-refractivity contribution in [2.45, 2.75) is 6.92 Å². The van der Waals surface area contributed by atoms with Crippen molar-refractivity contribution in [1.29, 1.82) is 0 Å². The van der Waals surface area contributed by atoms with E-state index in [1.165, 1.54) is 10.4 Å². The minimum atomic E-state index is 0.799. The summed E-state index contributed by atoms with van der Waals surface area (Å²) in [5.41, 5.74) is 2.11. The van der Waals surface area contributed by atoms with Crippen LogP contribution in [0.2, 0.25) is 0 Å². The Morgan fingerprint density at radius 2 is 2.06 bits per heavy atom. The van der Waals surface area contributed by atoms with E-state index in [9.17, 15) is 0 Å². The number of aryl methyl sites for hydroxylation is 1. The van der Waals surface area contributed by atoms with E-state index in [0.717, 1.165) is 11.4 Å². The Morgan fingerprint density at radius 3 is 2.75 bits per heavy atom. The van der Waals surface area contributed by atoms with Gasteiger partial charge in [-0.2, -0.15) is 0 Å². The first kappa shape index (κ1) is 10.9. The molecule has 0 aliphatic carbocycles. The van der Waals surface area contributed by atoms with Crippen molar-refractivity contribution >= 4 is 23.2 Å². The maximum absolute atomic E-state index is 5.24. The summed E-state index contributed by atoms with van der Waals surface area (Å²) in [4.78, 5) is 5.63. The highest BCUT2D eigenvalue weighted by atomic mass is 32.1. The molecule has 1 aromatic heterocycles. The summed E-state index contributed by atoms with van der Waals surface area (Å²) >= 11 is 1.69. The van der Waals surface area contributed by atoms with E-state index >= 15 is 0 Å². The van der Waals surface area contributed by atoms with Gasteiger partial charge in [0.05, 0.1) is 7.11 Å². The molecule has 0 unspecified atom stereocenters. The number of hydrogen-bond acceptors (Lipinski definition) is 3. The number of thiophene rings is 1. The third-order valence-electron chi connectivity index (χ3n) is 2.31. The van der Waals surface area contributed by atoms with Crippen molar-refractivity contribution in [2.75, 3.05) is 7.11 Å². The van der Waals surface area contributed by atoms with Gasteiger partial charge in [-0.15, -0.1) is 11.3 Å². The molecule has 0 saturated heterocycles. The number of benzene rings is 1. The van der Waals surface area contributed by atoms with Crippen molar-refractivity contribution in [2.24, 2.45) is 4.99 Å². The van der Waals surface area contributed by atoms with Crippen LogP contribution in [0.1, 0.15) is 10.4 Å². The van der Waals surface area contributed by atoms with E-state index in [1.807, 2.05) is 30.5 Å². The largest absolute Gasteiger partial charge is 0.494 e. The average molecular weight is 231 g/mol. The Kier molecular flexibility index (Phi) is 3.37. The van der Waals surface area contributed by atoms with Crippen LogP contribution in [0.5, 0.6) is 5.75 Å². The first-order valence-electron chi connectivity index (χ1n) is 5.02. The van der Waals surface area contributed by atoms with Gasteiger partial charge in [0.1, 0.15) is 11.4 Å². The molecule has 0 spiro atoms. The first-order chi connectivity index (χ1) is 7.81. The number of rotatable bonds is 3. The highest BCUT2D eigenvalue weighted by Crippen LogP contribution is 2.26. The van der Waals surface area contributed by atoms with Gasteiger partial charge in [0.15, 0.2) is 0 Å². The van der Waals surface area contributed by atoms with E-state index in [-0.39, 0.29) is 0 Å². The lowest BCUT2D eigenvalue weighted by Gasteiger charge is -2.02. The van der Waals surface area contributed by atoms with Gasteiger partial charge < -0.3 is 4.74 Å². The van der Waals surface area contributed by atoms with Gasteiger partial charge in [0.2, 0.25) is 0 Å². The zero-order valence-electron chi connectivity index (χ0n) is 9.31. The lowest BCUT2D eigenvalue weighted by molar-refractivity contribution is 0.416. The van der Waals surface area contributed by atoms with E-state index < -0.39 is 0 Å². The molecule has 0 aliphatic heterocycles. The summed E-state index contributed by atoms with van der Waals surface area (Å²) in [6, 6.07) is 9.84. The summed E-state index contributed by atoms with van der Waals surface area (Å²) in [7, 11) is 1.66. The maximum Gasteiger partial charge on any atom is 0.144 e. The summed E-state index contributed by atoms with van der Waals surface area (Å²) in [5.74, 6) is 0.799. The molecule has 0 N–H and O–H groups in total. The summed E-state index contributed by atoms with van der Waals surface area (Å²) < 4.78 is 5.24. The van der Waals surface area contributed by atoms with Crippen LogP contribution in [0.4, 0.5) is 5.69 Å². The highest BCUT2D eigenvalue weighted by Gasteiger charge is 1.99. The topological polar surface area (TPSA) is 21.6 Å². The molecule has 1 aromatic carbocycles. The summed E-state index contributed by atoms with van der Waals surface area (Å²) in [6.45, 7) is 2.08. The minimum absolute atomic E-state index is 0.799. The van der Waals surface area contributed by atoms with Gasteiger partial charge in [-0.25, -0.2) is 0 Å². The molecule has 16 heavy (non-hydrogen) atoms. The molecule has 1 heterocycles. The van der Waals surface area contributed by atoms with Crippen molar-refractivity contribution in [1.82, 2.24) is 0 Å². The zero-order chi connectivity index (χ0) is 11.4. The molecule has 0 saturated carbocycles. The van der Waals surface area contributed by atoms with Crippen LogP contribution in [0, 0.1) is 6.92 Å². The highest BCUT2D eigenvalue weighted by molar-refractivity contribution is 7.11. The van der Waals surface area contributed by atoms with Crippen molar-refractivity contribution < 1.29 is 4.74 Å². The average Bonchev–Trinajstić information content (AvgIpc) is 2.72. The second-order valence-electron chi connectivity index (χ2n) is 3.40. The Hall–Kier alpha value is -1.61. The Balaban J connectivity index is 2.27. The van der Waals surface area contributed by atoms with Gasteiger partial charge in [0, 0.05) is 11.1 Å². The molecule has 0 radical (unpaired) electrons. The molecule has 0 bridgehead atoms. The number of methoxy groups -OCH3 is 1. The van der Waals surface area contributed by atoms with Crippen molar-refractivity contribution in [3.63, 3.8) is 0 Å². The van der Waals surface area contributed by atoms with E-state index in [4.69, 9.17) is 4.74 Å². The van der Waals surface area contributed by atoms with Crippen LogP contribution >= 0.6 is 11.3 Å². The summed E-state index contributed by atoms with van der Waals surface area (Å²) in [6.07, 6.45) is 1.89. The Bertz CT molecular complexity index is 502. The molecular formula is C13H13NOS. The van der Waals surface area contributed by atoms with Crippen molar-refractivity contribution in [3.8, 4) is 5.75 Å². The molecule has 2 nitrogen and oxygen atoms in total. The van der Waals surface area contributed by atoms with Gasteiger partial charge >= 0.3 is 0 Å². The predicted molar refractivity (Wildman–Crippen MR) is 69.3 cm³/mol. The molecule has 0 fully saturated rings. The Labute approximate surface area is 99.2 Å². The molecule has 3 heteroatoms. The number of aliphatic imine (C=N–C) groups is 1. The quantitative estimate of drug-likeness (QED) is 0.736. The van der Waals surface area contributed by atoms with Gasteiger partial charge in [-0.1, -0.05) is 12.1 Å². The first-order valence-corrected chi connectivity index (χ1v) is 5.90. The van der Waals surface area contributed by atoms with E-state index in [2.05, 4.69) is 23.4 Å². The fourth-order valence-corrected chi connectivity index (χ4v) is 2.17. The lowest BCUT2D eigenvalue weighted by atomic mass is 10.3. The molecule has 2 aromatic rings. The Morgan fingerprint density at radius 1 is 1.25 bits per heavy atom. The van der Waals surface area contributed by atoms with Gasteiger partial charge in [-0.3, -0.25) is 4.99 Å². The third-order valence-corrected chi connectivity index (χ3v) is 3.26. The standard InChI is InChI=1S/C13H13NOS/c1-10-7-8-16-13(10)9-14-11-5-3-4-6-12(11)15-2/h3-9H,1-2H3. The van der Waals surface area contributed by atoms with Crippen LogP contribution in [-0.4, -0.2) is 13.3 Å². The number of para-hydroxylation sites is 2. The second kappa shape index (κ2) is 4.94. The van der Waals surface area contributed by atoms with E-state index in [0.29, 0.717) is 0 Å². The van der Waals surface area contributed by atoms with Crippen LogP contribution in [0.25, 0.3) is 0 Å². The molecule has 0 aliphatic rings. The summed E-state index contributed by atoms with van der Waals surface area (Å²) in [5, 5.41) is 2.07. The lowest BCUT2D eigenvalue weighted by Crippen LogP contribution is -1.83. The van der Waals surface area contributed by atoms with Crippen LogP contribution in [-0.2, 0) is 0 Å². The van der Waals surface area contributed by atoms with Crippen molar-refractivity contribution in [3.05, 3.63) is 46.2 Å². The van der Waals surface area contributed by atoms with E-state index in [1.54, 1.807) is 18.4 Å². The number of nitrogens with zero attached hydrogens (tertiary/aromatic N) is 1. The smallest absolute Gasteiger partial charge is 0.144 e. The third kappa shape index (κ3) is 2.31. The fourth-order valence-electron chi connectivity index (χ4n) is 1.38. The molecular weight excluding hydrogens is 218 g/mol. The zero-order valence-corrected chi connectivity index (χ0v) is 10.1. The van der Waals surface area contributed by atoms with Gasteiger partial charge in [0.25, 0.3) is 0 Å². The maximum atomic E-state index is 5.24. The van der Waals surface area contributed by atoms with Crippen LogP contribution in [0.15, 0.2) is 40.7 Å². The molecule has 82 valence electrons. The predicted octanol–water partition coefficient (Wildman–Crippen LogP) is 3.82. The monoisotopic (exact) mass is 231 g/mol. The number of ether oxygens (including phenoxy) is 1. The molecule has 0 amide bonds. The molecule has 2 rings (SSSR count). The normalized spacial score (nSPS) is 10.9. The molecule has 0 atom stereocenters. The number of hydrogen-bond donors (Lipinski definition) is 0. The van der Waals surface area contributed by atoms with Gasteiger partial charge in [-0.05, 0) is 36.1 Å². The SMILES string of the molecule is COc1ccccc1N=Cc1sccc1C. The second-order valence-corrected chi connectivity index (χ2v) is 4.35. The van der Waals surface area contributed by atoms with Crippen LogP contribution < -0.4 is 4.74 Å². The minimum Gasteiger partial charge on any atom is -0.494 e. The fraction of sp³-hybridized carbons (Fsp3) is 0.154.